The highest BCUT2D eigenvalue weighted by molar-refractivity contribution is 6.29. The summed E-state index contributed by atoms with van der Waals surface area (Å²) in [6.07, 6.45) is 3.53. The summed E-state index contributed by atoms with van der Waals surface area (Å²) in [5.74, 6) is 1.99. The lowest BCUT2D eigenvalue weighted by Crippen LogP contribution is -2.16. The van der Waals surface area contributed by atoms with Crippen molar-refractivity contribution in [2.75, 3.05) is 0 Å². The quantitative estimate of drug-likeness (QED) is 0.754. The van der Waals surface area contributed by atoms with E-state index < -0.39 is 0 Å². The van der Waals surface area contributed by atoms with Gasteiger partial charge < -0.3 is 4.74 Å². The minimum Gasteiger partial charge on any atom is -0.439 e. The van der Waals surface area contributed by atoms with Gasteiger partial charge in [0.25, 0.3) is 0 Å². The summed E-state index contributed by atoms with van der Waals surface area (Å²) in [4.78, 5) is 8.75. The van der Waals surface area contributed by atoms with E-state index >= 15 is 0 Å². The van der Waals surface area contributed by atoms with Crippen LogP contribution >= 0.6 is 11.6 Å². The van der Waals surface area contributed by atoms with E-state index in [9.17, 15) is 0 Å². The van der Waals surface area contributed by atoms with Crippen molar-refractivity contribution in [3.63, 3.8) is 0 Å². The highest BCUT2D eigenvalue weighted by Crippen LogP contribution is 2.30. The van der Waals surface area contributed by atoms with Gasteiger partial charge in [-0.3, -0.25) is 0 Å². The molecule has 0 N–H and O–H groups in total. The number of rotatable bonds is 2. The maximum absolute atomic E-state index is 6.08. The Labute approximate surface area is 130 Å². The molecule has 3 rings (SSSR count). The summed E-state index contributed by atoms with van der Waals surface area (Å²) < 4.78 is 5.88. The second kappa shape index (κ2) is 5.30. The smallest absolute Gasteiger partial charge is 0.224 e. The topological polar surface area (TPSA) is 35.0 Å². The molecule has 1 aromatic carbocycles. The number of nitrogens with zero attached hydrogens (tertiary/aromatic N) is 2. The van der Waals surface area contributed by atoms with E-state index in [1.54, 1.807) is 6.07 Å². The van der Waals surface area contributed by atoms with E-state index in [0.29, 0.717) is 16.9 Å². The molecule has 2 aromatic rings. The molecule has 21 heavy (non-hydrogen) atoms. The number of aromatic nitrogens is 2. The van der Waals surface area contributed by atoms with Crippen LogP contribution in [0.2, 0.25) is 5.15 Å². The van der Waals surface area contributed by atoms with Crippen LogP contribution in [0.4, 0.5) is 0 Å². The average Bonchev–Trinajstić information content (AvgIpc) is 2.84. The van der Waals surface area contributed by atoms with Crippen LogP contribution in [0.1, 0.15) is 44.1 Å². The third kappa shape index (κ3) is 3.18. The molecule has 110 valence electrons. The fourth-order valence-corrected chi connectivity index (χ4v) is 2.69. The zero-order valence-corrected chi connectivity index (χ0v) is 13.4. The van der Waals surface area contributed by atoms with Crippen molar-refractivity contribution in [2.24, 2.45) is 0 Å². The first-order valence-electron chi connectivity index (χ1n) is 7.26. The SMILES string of the molecule is CC(C)(C)c1nc(Cl)cc(Oc2ccc3c(c2)CCC3)n1. The zero-order chi connectivity index (χ0) is 15.0. The van der Waals surface area contributed by atoms with Gasteiger partial charge in [-0.05, 0) is 42.5 Å². The van der Waals surface area contributed by atoms with E-state index in [2.05, 4.69) is 42.9 Å². The van der Waals surface area contributed by atoms with Crippen molar-refractivity contribution in [3.05, 3.63) is 46.4 Å². The summed E-state index contributed by atoms with van der Waals surface area (Å²) >= 11 is 6.08. The number of ether oxygens (including phenoxy) is 1. The van der Waals surface area contributed by atoms with Crippen molar-refractivity contribution < 1.29 is 4.74 Å². The molecule has 0 unspecified atom stereocenters. The maximum Gasteiger partial charge on any atom is 0.224 e. The van der Waals surface area contributed by atoms with Gasteiger partial charge in [0.1, 0.15) is 16.7 Å². The third-order valence-corrected chi connectivity index (χ3v) is 3.83. The van der Waals surface area contributed by atoms with Crippen LogP contribution in [0.15, 0.2) is 24.3 Å². The standard InChI is InChI=1S/C17H19ClN2O/c1-17(2,3)16-19-14(18)10-15(20-16)21-13-8-7-11-5-4-6-12(11)9-13/h7-10H,4-6H2,1-3H3. The molecule has 4 heteroatoms. The second-order valence-corrected chi connectivity index (χ2v) is 6.88. The molecule has 0 saturated heterocycles. The highest BCUT2D eigenvalue weighted by atomic mass is 35.5. The maximum atomic E-state index is 6.08. The van der Waals surface area contributed by atoms with Gasteiger partial charge in [0, 0.05) is 11.5 Å². The lowest BCUT2D eigenvalue weighted by atomic mass is 9.96. The van der Waals surface area contributed by atoms with Crippen LogP contribution in [0.25, 0.3) is 0 Å². The van der Waals surface area contributed by atoms with Crippen molar-refractivity contribution in [1.82, 2.24) is 9.97 Å². The molecule has 0 fully saturated rings. The van der Waals surface area contributed by atoms with E-state index in [0.717, 1.165) is 12.2 Å². The van der Waals surface area contributed by atoms with Crippen molar-refractivity contribution >= 4 is 11.6 Å². The van der Waals surface area contributed by atoms with Crippen molar-refractivity contribution in [3.8, 4) is 11.6 Å². The first kappa shape index (κ1) is 14.3. The molecule has 1 aliphatic carbocycles. The predicted octanol–water partition coefficient (Wildman–Crippen LogP) is 4.71. The van der Waals surface area contributed by atoms with E-state index in [4.69, 9.17) is 16.3 Å². The molecule has 0 saturated carbocycles. The summed E-state index contributed by atoms with van der Waals surface area (Å²) in [5.41, 5.74) is 2.64. The molecule has 1 aromatic heterocycles. The van der Waals surface area contributed by atoms with Crippen LogP contribution in [0.3, 0.4) is 0 Å². The molecule has 1 aliphatic rings. The van der Waals surface area contributed by atoms with Gasteiger partial charge in [0.15, 0.2) is 0 Å². The molecule has 3 nitrogen and oxygen atoms in total. The van der Waals surface area contributed by atoms with Gasteiger partial charge in [0.05, 0.1) is 0 Å². The summed E-state index contributed by atoms with van der Waals surface area (Å²) in [6.45, 7) is 6.16. The number of aryl methyl sites for hydroxylation is 2. The number of hydrogen-bond acceptors (Lipinski definition) is 3. The van der Waals surface area contributed by atoms with Crippen LogP contribution in [0.5, 0.6) is 11.6 Å². The lowest BCUT2D eigenvalue weighted by molar-refractivity contribution is 0.445. The number of benzene rings is 1. The highest BCUT2D eigenvalue weighted by Gasteiger charge is 2.19. The van der Waals surface area contributed by atoms with Crippen LogP contribution in [-0.2, 0) is 18.3 Å². The van der Waals surface area contributed by atoms with Gasteiger partial charge in [-0.1, -0.05) is 38.4 Å². The molecule has 0 atom stereocenters. The summed E-state index contributed by atoms with van der Waals surface area (Å²) in [6, 6.07) is 7.90. The van der Waals surface area contributed by atoms with Gasteiger partial charge >= 0.3 is 0 Å². The fraction of sp³-hybridized carbons (Fsp3) is 0.412. The van der Waals surface area contributed by atoms with Crippen LogP contribution < -0.4 is 4.74 Å². The minimum atomic E-state index is -0.166. The molecule has 0 spiro atoms. The van der Waals surface area contributed by atoms with Crippen LogP contribution in [-0.4, -0.2) is 9.97 Å². The van der Waals surface area contributed by atoms with E-state index in [1.807, 2.05) is 6.07 Å². The predicted molar refractivity (Wildman–Crippen MR) is 84.3 cm³/mol. The van der Waals surface area contributed by atoms with Crippen molar-refractivity contribution in [2.45, 2.75) is 45.4 Å². The Bertz CT molecular complexity index is 677. The van der Waals surface area contributed by atoms with Gasteiger partial charge in [-0.15, -0.1) is 0 Å². The first-order chi connectivity index (χ1) is 9.91. The minimum absolute atomic E-state index is 0.166. The Balaban J connectivity index is 1.89. The van der Waals surface area contributed by atoms with Crippen molar-refractivity contribution in [1.29, 1.82) is 0 Å². The number of fused-ring (bicyclic) bond motifs is 1. The normalized spacial score (nSPS) is 14.1. The Morgan fingerprint density at radius 3 is 2.57 bits per heavy atom. The molecule has 1 heterocycles. The number of hydrogen-bond donors (Lipinski definition) is 0. The van der Waals surface area contributed by atoms with E-state index in [1.165, 1.54) is 24.0 Å². The summed E-state index contributed by atoms with van der Waals surface area (Å²) in [5, 5.41) is 0.408. The van der Waals surface area contributed by atoms with Gasteiger partial charge in [0.2, 0.25) is 5.88 Å². The van der Waals surface area contributed by atoms with Crippen LogP contribution in [0, 0.1) is 0 Å². The molecular weight excluding hydrogens is 284 g/mol. The second-order valence-electron chi connectivity index (χ2n) is 6.49. The third-order valence-electron chi connectivity index (χ3n) is 3.63. The van der Waals surface area contributed by atoms with Gasteiger partial charge in [-0.25, -0.2) is 4.98 Å². The fourth-order valence-electron chi connectivity index (χ4n) is 2.52. The summed E-state index contributed by atoms with van der Waals surface area (Å²) in [7, 11) is 0. The molecule has 0 amide bonds. The molecule has 0 aliphatic heterocycles. The monoisotopic (exact) mass is 302 g/mol. The Morgan fingerprint density at radius 2 is 1.81 bits per heavy atom. The lowest BCUT2D eigenvalue weighted by Gasteiger charge is -2.17. The van der Waals surface area contributed by atoms with Gasteiger partial charge in [-0.2, -0.15) is 4.98 Å². The largest absolute Gasteiger partial charge is 0.439 e. The Morgan fingerprint density at radius 1 is 1.05 bits per heavy atom. The zero-order valence-electron chi connectivity index (χ0n) is 12.6. The average molecular weight is 303 g/mol. The molecule has 0 radical (unpaired) electrons. The molecular formula is C17H19ClN2O. The van der Waals surface area contributed by atoms with E-state index in [-0.39, 0.29) is 5.41 Å². The first-order valence-corrected chi connectivity index (χ1v) is 7.64. The Hall–Kier alpha value is -1.61. The molecule has 0 bridgehead atoms. The Kier molecular flexibility index (Phi) is 3.62. The number of halogens is 1.